The molecule has 1 heterocycles. The maximum atomic E-state index is 7.50. The van der Waals surface area contributed by atoms with Crippen molar-refractivity contribution in [3.63, 3.8) is 0 Å². The largest absolute Gasteiger partial charge is 0 e. The Bertz CT molecular complexity index is 335. The van der Waals surface area contributed by atoms with Gasteiger partial charge in [-0.25, -0.2) is 0 Å². The summed E-state index contributed by atoms with van der Waals surface area (Å²) in [7, 11) is 0. The first-order chi connectivity index (χ1) is 12.4. The van der Waals surface area contributed by atoms with Crippen LogP contribution in [0, 0.1) is 39.9 Å². The van der Waals surface area contributed by atoms with Gasteiger partial charge in [-0.3, -0.25) is 0 Å². The molecule has 0 radical (unpaired) electrons. The summed E-state index contributed by atoms with van der Waals surface area (Å²) in [6.07, 6.45) is 4.38. The van der Waals surface area contributed by atoms with Crippen LogP contribution in [0.25, 0.3) is 0 Å². The van der Waals surface area contributed by atoms with Crippen molar-refractivity contribution in [3.05, 3.63) is 51.6 Å². The van der Waals surface area contributed by atoms with E-state index in [1.54, 1.807) is 6.61 Å². The molecule has 0 atom stereocenters. The molecule has 1 aliphatic heterocycles. The van der Waals surface area contributed by atoms with Gasteiger partial charge in [-0.2, -0.15) is 6.08 Å². The zero-order chi connectivity index (χ0) is 20.9. The second-order valence-electron chi connectivity index (χ2n) is 3.60. The number of nitrogens with zero attached hydrogens (tertiary/aromatic N) is 1. The van der Waals surface area contributed by atoms with E-state index in [-0.39, 0.29) is 17.4 Å². The number of hydrogen-bond donors (Lipinski definition) is 0. The van der Waals surface area contributed by atoms with E-state index in [0.29, 0.717) is 0 Å². The third-order valence-corrected chi connectivity index (χ3v) is 2.45. The summed E-state index contributed by atoms with van der Waals surface area (Å²) in [5.41, 5.74) is 1.37. The maximum Gasteiger partial charge on any atom is 0 e. The maximum absolute atomic E-state index is 7.50. The summed E-state index contributed by atoms with van der Waals surface area (Å²) >= 11 is 0. The Kier molecular flexibility index (Phi) is 75.4. The number of morpholine rings is 1. The van der Waals surface area contributed by atoms with Crippen LogP contribution in [0.3, 0.4) is 0 Å². The molecule has 0 N–H and O–H groups in total. The van der Waals surface area contributed by atoms with Gasteiger partial charge < -0.3 is 14.4 Å². The van der Waals surface area contributed by atoms with Crippen LogP contribution in [0.15, 0.2) is 11.8 Å². The Morgan fingerprint density at radius 2 is 1.38 bits per heavy atom. The quantitative estimate of drug-likeness (QED) is 0.382. The normalized spacial score (nSPS) is 10.8. The summed E-state index contributed by atoms with van der Waals surface area (Å²) in [4.78, 5) is 2.39. The van der Waals surface area contributed by atoms with E-state index >= 15 is 0 Å². The topological polar surface area (TPSA) is 121 Å². The minimum absolute atomic E-state index is 0. The second-order valence-corrected chi connectivity index (χ2v) is 3.60. The molecule has 9 heteroatoms. The molecule has 144 valence electrons. The van der Waals surface area contributed by atoms with Crippen LogP contribution < -0.4 is 0 Å². The standard InChI is InChI=1S/C12H22NO2.5CO.Cr/c1-3-5-12(6-9-14-4-2)13-7-10-15-11-8-13;5*1-2;/h6,9H,3-5,7-8,10-11H2,1-2H3;;;;;;/q-1;;;;;;/b12-6-;;;;;;. The van der Waals surface area contributed by atoms with Crippen molar-refractivity contribution in [3.8, 4) is 0 Å². The van der Waals surface area contributed by atoms with Gasteiger partial charge in [0.25, 0.3) is 0 Å². The third kappa shape index (κ3) is 30.4. The zero-order valence-corrected chi connectivity index (χ0v) is 16.1. The molecular formula is C17H22CrNO7-. The molecule has 1 fully saturated rings. The molecule has 0 amide bonds. The van der Waals surface area contributed by atoms with Gasteiger partial charge in [0.2, 0.25) is 0 Å². The Morgan fingerprint density at radius 3 is 1.73 bits per heavy atom. The second kappa shape index (κ2) is 49.5. The van der Waals surface area contributed by atoms with Crippen LogP contribution in [0.4, 0.5) is 0 Å². The summed E-state index contributed by atoms with van der Waals surface area (Å²) in [6.45, 7) is 32.9. The van der Waals surface area contributed by atoms with E-state index in [1.165, 1.54) is 12.1 Å². The zero-order valence-electron chi connectivity index (χ0n) is 14.8. The molecule has 0 aromatic carbocycles. The van der Waals surface area contributed by atoms with Gasteiger partial charge in [0.05, 0.1) is 13.2 Å². The van der Waals surface area contributed by atoms with Gasteiger partial charge in [0, 0.05) is 37.1 Å². The van der Waals surface area contributed by atoms with Crippen LogP contribution in [0.5, 0.6) is 0 Å². The van der Waals surface area contributed by atoms with Crippen molar-refractivity contribution >= 4 is 0 Å². The molecular weight excluding hydrogens is 382 g/mol. The van der Waals surface area contributed by atoms with Crippen molar-refractivity contribution in [2.45, 2.75) is 26.7 Å². The van der Waals surface area contributed by atoms with E-state index in [2.05, 4.69) is 51.2 Å². The third-order valence-electron chi connectivity index (χ3n) is 2.45. The molecule has 0 saturated carbocycles. The van der Waals surface area contributed by atoms with Crippen molar-refractivity contribution in [1.29, 1.82) is 0 Å². The van der Waals surface area contributed by atoms with Crippen LogP contribution in [-0.4, -0.2) is 37.8 Å². The minimum Gasteiger partial charge on any atom is 0 e. The molecule has 8 nitrogen and oxygen atoms in total. The Balaban J connectivity index is -0.0000000786. The van der Waals surface area contributed by atoms with Gasteiger partial charge in [0.15, 0.2) is 0 Å². The van der Waals surface area contributed by atoms with E-state index < -0.39 is 0 Å². The van der Waals surface area contributed by atoms with E-state index in [1.807, 2.05) is 6.92 Å². The monoisotopic (exact) mass is 404 g/mol. The van der Waals surface area contributed by atoms with Crippen molar-refractivity contribution in [2.75, 3.05) is 32.9 Å². The average Bonchev–Trinajstić information content (AvgIpc) is 2.75. The van der Waals surface area contributed by atoms with Crippen LogP contribution in [0.1, 0.15) is 26.7 Å². The molecule has 0 aromatic rings. The fraction of sp³-hybridized carbons (Fsp3) is 0.529. The van der Waals surface area contributed by atoms with Crippen molar-refractivity contribution in [1.82, 2.24) is 4.90 Å². The Morgan fingerprint density at radius 1 is 0.962 bits per heavy atom. The molecule has 0 bridgehead atoms. The van der Waals surface area contributed by atoms with E-state index in [4.69, 9.17) is 32.7 Å². The van der Waals surface area contributed by atoms with Gasteiger partial charge in [-0.05, 0) is 6.92 Å². The van der Waals surface area contributed by atoms with Crippen LogP contribution >= 0.6 is 0 Å². The smallest absolute Gasteiger partial charge is 0 e. The average molecular weight is 404 g/mol. The Labute approximate surface area is 166 Å². The van der Waals surface area contributed by atoms with Gasteiger partial charge >= 0.3 is 56.5 Å². The molecule has 0 spiro atoms. The van der Waals surface area contributed by atoms with Crippen molar-refractivity contribution in [2.24, 2.45) is 0 Å². The van der Waals surface area contributed by atoms with Crippen LogP contribution in [0.2, 0.25) is 0 Å². The molecule has 1 aliphatic rings. The fourth-order valence-electron chi connectivity index (χ4n) is 1.68. The van der Waals surface area contributed by atoms with Crippen LogP contribution in [-0.2, 0) is 50.1 Å². The van der Waals surface area contributed by atoms with Gasteiger partial charge in [0.1, 0.15) is 0 Å². The minimum atomic E-state index is 0. The fourth-order valence-corrected chi connectivity index (χ4v) is 1.68. The SMILES string of the molecule is CCC/C(=C/[CH-]OCC)N1CCOCC1.[C-]#[O+].[C-]#[O+].[C-]#[O+].[C-]#[O+].[C-]#[O+].[Cr]. The predicted octanol–water partition coefficient (Wildman–Crippen LogP) is 2.01. The summed E-state index contributed by atoms with van der Waals surface area (Å²) in [5.74, 6) is 0. The molecule has 0 aliphatic carbocycles. The molecule has 0 unspecified atom stereocenters. The number of rotatable bonds is 6. The molecule has 1 rings (SSSR count). The van der Waals surface area contributed by atoms with Gasteiger partial charge in [-0.15, -0.1) is 12.3 Å². The number of allylic oxidation sites excluding steroid dienone is 1. The number of ether oxygens (including phenoxy) is 2. The molecule has 0 aromatic heterocycles. The summed E-state index contributed by atoms with van der Waals surface area (Å²) in [6, 6.07) is 0. The first-order valence-corrected chi connectivity index (χ1v) is 6.87. The molecule has 26 heavy (non-hydrogen) atoms. The molecule has 1 saturated heterocycles. The first kappa shape index (κ1) is 39.6. The van der Waals surface area contributed by atoms with E-state index in [0.717, 1.165) is 39.3 Å². The van der Waals surface area contributed by atoms with E-state index in [9.17, 15) is 0 Å². The summed E-state index contributed by atoms with van der Waals surface area (Å²) in [5, 5.41) is 0. The summed E-state index contributed by atoms with van der Waals surface area (Å²) < 4.78 is 48.1. The van der Waals surface area contributed by atoms with Gasteiger partial charge in [-0.1, -0.05) is 19.8 Å². The van der Waals surface area contributed by atoms with Crippen molar-refractivity contribution < 1.29 is 50.1 Å². The number of hydrogen-bond acceptors (Lipinski definition) is 3. The first-order valence-electron chi connectivity index (χ1n) is 6.87. The predicted molar refractivity (Wildman–Crippen MR) is 81.0 cm³/mol. The Hall–Kier alpha value is -1.44.